The molecule has 2 aromatic carbocycles. The maximum absolute atomic E-state index is 13.8. The number of hydrogen-bond acceptors (Lipinski definition) is 4. The van der Waals surface area contributed by atoms with Crippen molar-refractivity contribution in [2.45, 2.75) is 43.7 Å². The summed E-state index contributed by atoms with van der Waals surface area (Å²) in [4.78, 5) is 28.9. The molecule has 0 spiro atoms. The Hall–Kier alpha value is -3.28. The van der Waals surface area contributed by atoms with Crippen molar-refractivity contribution in [2.24, 2.45) is 0 Å². The van der Waals surface area contributed by atoms with Crippen molar-refractivity contribution in [1.29, 1.82) is 0 Å². The quantitative estimate of drug-likeness (QED) is 0.486. The van der Waals surface area contributed by atoms with Gasteiger partial charge in [0.1, 0.15) is 6.61 Å². The second-order valence-electron chi connectivity index (χ2n) is 9.42. The zero-order valence-electron chi connectivity index (χ0n) is 20.4. The number of piperidine rings is 1. The third-order valence-corrected chi connectivity index (χ3v) is 7.20. The molecule has 2 aliphatic heterocycles. The summed E-state index contributed by atoms with van der Waals surface area (Å²) in [5, 5.41) is 2.81. The molecule has 0 bridgehead atoms. The molecule has 2 aliphatic rings. The number of nitrogens with zero attached hydrogens (tertiary/aromatic N) is 2. The number of halogens is 2. The van der Waals surface area contributed by atoms with E-state index in [-0.39, 0.29) is 12.0 Å². The number of urea groups is 1. The number of morpholine rings is 1. The highest BCUT2D eigenvalue weighted by molar-refractivity contribution is 5.96. The van der Waals surface area contributed by atoms with Gasteiger partial charge in [0.05, 0.1) is 17.6 Å². The third kappa shape index (κ3) is 5.43. The van der Waals surface area contributed by atoms with Gasteiger partial charge in [-0.3, -0.25) is 9.69 Å². The van der Waals surface area contributed by atoms with Crippen LogP contribution in [-0.4, -0.2) is 60.6 Å². The van der Waals surface area contributed by atoms with Gasteiger partial charge in [0.15, 0.2) is 11.6 Å². The molecule has 1 N–H and O–H groups in total. The van der Waals surface area contributed by atoms with E-state index in [4.69, 9.17) is 11.2 Å². The van der Waals surface area contributed by atoms with Crippen LogP contribution in [0, 0.1) is 24.0 Å². The molecule has 0 saturated carbocycles. The molecule has 190 valence electrons. The van der Waals surface area contributed by atoms with Crippen LogP contribution in [0.15, 0.2) is 48.5 Å². The Kier molecular flexibility index (Phi) is 8.02. The van der Waals surface area contributed by atoms with Crippen molar-refractivity contribution < 1.29 is 23.1 Å². The maximum Gasteiger partial charge on any atom is 0.324 e. The minimum absolute atomic E-state index is 0.242. The van der Waals surface area contributed by atoms with Gasteiger partial charge < -0.3 is 15.0 Å². The normalized spacial score (nSPS) is 22.2. The molecule has 0 radical (unpaired) electrons. The summed E-state index contributed by atoms with van der Waals surface area (Å²) in [6.45, 7) is 4.34. The van der Waals surface area contributed by atoms with Gasteiger partial charge in [-0.05, 0) is 69.1 Å². The van der Waals surface area contributed by atoms with E-state index in [1.165, 1.54) is 11.6 Å². The highest BCUT2D eigenvalue weighted by Gasteiger charge is 2.40. The van der Waals surface area contributed by atoms with Crippen LogP contribution >= 0.6 is 0 Å². The van der Waals surface area contributed by atoms with E-state index in [2.05, 4.69) is 28.3 Å². The monoisotopic (exact) mass is 495 g/mol. The van der Waals surface area contributed by atoms with Gasteiger partial charge >= 0.3 is 6.03 Å². The van der Waals surface area contributed by atoms with Crippen LogP contribution in [0.5, 0.6) is 0 Å². The first-order chi connectivity index (χ1) is 17.3. The summed E-state index contributed by atoms with van der Waals surface area (Å²) in [7, 11) is 0. The Morgan fingerprint density at radius 2 is 1.89 bits per heavy atom. The number of terminal acetylenes is 1. The number of amides is 3. The molecule has 36 heavy (non-hydrogen) atoms. The lowest BCUT2D eigenvalue weighted by Gasteiger charge is -2.39. The number of nitrogens with one attached hydrogen (secondary N) is 1. The average molecular weight is 496 g/mol. The zero-order valence-corrected chi connectivity index (χ0v) is 20.4. The zero-order chi connectivity index (χ0) is 25.7. The predicted octanol–water partition coefficient (Wildman–Crippen LogP) is 4.02. The average Bonchev–Trinajstić information content (AvgIpc) is 2.90. The van der Waals surface area contributed by atoms with Crippen LogP contribution in [0.1, 0.15) is 43.4 Å². The van der Waals surface area contributed by atoms with Crippen LogP contribution in [0.25, 0.3) is 0 Å². The van der Waals surface area contributed by atoms with E-state index >= 15 is 0 Å². The number of ether oxygens (including phenoxy) is 1. The van der Waals surface area contributed by atoms with Gasteiger partial charge in [-0.15, -0.1) is 6.42 Å². The number of hydrogen-bond donors (Lipinski definition) is 1. The predicted molar refractivity (Wildman–Crippen MR) is 132 cm³/mol. The van der Waals surface area contributed by atoms with Gasteiger partial charge in [0.25, 0.3) is 5.91 Å². The van der Waals surface area contributed by atoms with Crippen LogP contribution in [-0.2, 0) is 14.9 Å². The van der Waals surface area contributed by atoms with Crippen molar-refractivity contribution in [3.05, 3.63) is 71.3 Å². The van der Waals surface area contributed by atoms with Crippen molar-refractivity contribution in [2.75, 3.05) is 32.8 Å². The first-order valence-corrected chi connectivity index (χ1v) is 12.3. The molecule has 2 saturated heterocycles. The second kappa shape index (κ2) is 11.2. The highest BCUT2D eigenvalue weighted by Crippen LogP contribution is 2.35. The van der Waals surface area contributed by atoms with Crippen molar-refractivity contribution in [3.63, 3.8) is 0 Å². The molecule has 6 nitrogen and oxygen atoms in total. The molecule has 4 rings (SSSR count). The molecule has 2 atom stereocenters. The smallest absolute Gasteiger partial charge is 0.324 e. The Labute approximate surface area is 210 Å². The highest BCUT2D eigenvalue weighted by atomic mass is 19.2. The number of carbonyl (C=O) groups is 2. The van der Waals surface area contributed by atoms with E-state index in [9.17, 15) is 18.4 Å². The van der Waals surface area contributed by atoms with Crippen molar-refractivity contribution in [3.8, 4) is 12.3 Å². The summed E-state index contributed by atoms with van der Waals surface area (Å²) >= 11 is 0. The lowest BCUT2D eigenvalue weighted by atomic mass is 9.73. The lowest BCUT2D eigenvalue weighted by Crippen LogP contribution is -2.54. The fourth-order valence-electron chi connectivity index (χ4n) is 5.10. The molecule has 8 heteroatoms. The molecule has 0 aromatic heterocycles. The van der Waals surface area contributed by atoms with Crippen molar-refractivity contribution >= 4 is 11.9 Å². The molecule has 2 heterocycles. The topological polar surface area (TPSA) is 61.9 Å². The molecular weight excluding hydrogens is 464 g/mol. The summed E-state index contributed by atoms with van der Waals surface area (Å²) in [6.07, 6.45) is 7.81. The van der Waals surface area contributed by atoms with Gasteiger partial charge in [-0.2, -0.15) is 0 Å². The number of rotatable bonds is 6. The van der Waals surface area contributed by atoms with Gasteiger partial charge in [-0.1, -0.05) is 42.3 Å². The molecule has 0 aliphatic carbocycles. The van der Waals surface area contributed by atoms with Gasteiger partial charge in [-0.25, -0.2) is 13.6 Å². The fourth-order valence-corrected chi connectivity index (χ4v) is 5.10. The summed E-state index contributed by atoms with van der Waals surface area (Å²) in [6, 6.07) is 12.1. The SMILES string of the molecule is C#CC1(c2ccccc2)CCN(CCCNC(=O)N2C(=O)CO[C@@H](C)[C@@H]2c2ccc(F)c(F)c2)CC1. The summed E-state index contributed by atoms with van der Waals surface area (Å²) < 4.78 is 32.7. The minimum Gasteiger partial charge on any atom is -0.366 e. The van der Waals surface area contributed by atoms with E-state index in [1.807, 2.05) is 18.2 Å². The van der Waals surface area contributed by atoms with Crippen LogP contribution in [0.2, 0.25) is 0 Å². The Balaban J connectivity index is 1.30. The lowest BCUT2D eigenvalue weighted by molar-refractivity contribution is -0.150. The first-order valence-electron chi connectivity index (χ1n) is 12.3. The summed E-state index contributed by atoms with van der Waals surface area (Å²) in [5.74, 6) is 0.469. The Morgan fingerprint density at radius 3 is 2.56 bits per heavy atom. The van der Waals surface area contributed by atoms with Gasteiger partial charge in [0, 0.05) is 6.54 Å². The largest absolute Gasteiger partial charge is 0.366 e. The maximum atomic E-state index is 13.8. The van der Waals surface area contributed by atoms with Crippen LogP contribution in [0.4, 0.5) is 13.6 Å². The number of benzene rings is 2. The Morgan fingerprint density at radius 1 is 1.17 bits per heavy atom. The number of imide groups is 1. The number of carbonyl (C=O) groups excluding carboxylic acids is 2. The number of likely N-dealkylation sites (tertiary alicyclic amines) is 1. The molecule has 0 unspecified atom stereocenters. The first kappa shape index (κ1) is 25.8. The van der Waals surface area contributed by atoms with E-state index in [0.29, 0.717) is 18.5 Å². The third-order valence-electron chi connectivity index (χ3n) is 7.20. The Bertz CT molecular complexity index is 1130. The second-order valence-corrected chi connectivity index (χ2v) is 9.42. The van der Waals surface area contributed by atoms with Crippen LogP contribution in [0.3, 0.4) is 0 Å². The van der Waals surface area contributed by atoms with Crippen LogP contribution < -0.4 is 5.32 Å². The fraction of sp³-hybridized carbons (Fsp3) is 0.429. The standard InChI is InChI=1S/C28H31F2N3O3/c1-3-28(22-8-5-4-6-9-22)12-16-32(17-13-28)15-7-14-31-27(35)33-25(34)19-36-20(2)26(33)21-10-11-23(29)24(30)18-21/h1,4-6,8-11,18,20,26H,7,12-17,19H2,2H3,(H,31,35)/t20-,26+/m0/s1. The summed E-state index contributed by atoms with van der Waals surface area (Å²) in [5.41, 5.74) is 1.24. The molecule has 2 fully saturated rings. The van der Waals surface area contributed by atoms with E-state index in [1.54, 1.807) is 6.92 Å². The van der Waals surface area contributed by atoms with Crippen molar-refractivity contribution in [1.82, 2.24) is 15.1 Å². The molecule has 2 aromatic rings. The van der Waals surface area contributed by atoms with E-state index in [0.717, 1.165) is 49.5 Å². The molecule has 3 amide bonds. The minimum atomic E-state index is -1.04. The molecular formula is C28H31F2N3O3. The van der Waals surface area contributed by atoms with Gasteiger partial charge in [0.2, 0.25) is 0 Å². The van der Waals surface area contributed by atoms with E-state index < -0.39 is 35.7 Å².